The van der Waals surface area contributed by atoms with E-state index >= 15 is 0 Å². The molecule has 0 radical (unpaired) electrons. The summed E-state index contributed by atoms with van der Waals surface area (Å²) in [6.07, 6.45) is 2.83. The molecule has 1 aromatic rings. The van der Waals surface area contributed by atoms with Crippen molar-refractivity contribution in [2.75, 3.05) is 19.8 Å². The molecule has 1 aromatic heterocycles. The summed E-state index contributed by atoms with van der Waals surface area (Å²) in [5, 5.41) is 11.1. The Labute approximate surface area is 103 Å². The molecule has 0 aliphatic rings. The maximum atomic E-state index is 11.6. The van der Waals surface area contributed by atoms with Crippen LogP contribution in [0.4, 0.5) is 0 Å². The van der Waals surface area contributed by atoms with Crippen molar-refractivity contribution < 1.29 is 19.4 Å². The first-order valence-corrected chi connectivity index (χ1v) is 5.16. The fourth-order valence-electron chi connectivity index (χ4n) is 1.05. The Bertz CT molecular complexity index is 411. The maximum Gasteiger partial charge on any atom is 0.329 e. The highest BCUT2D eigenvalue weighted by molar-refractivity contribution is 6.33. The smallest absolute Gasteiger partial charge is 0.329 e. The standard InChI is InChI=1S/C10H11ClN2O4/c11-8-5-12-2-1-7(8)10(16)13-3-4-17-6-9(14)15/h1-2,5H,3-4,6H2,(H,13,16)(H,14,15). The molecule has 0 saturated carbocycles. The van der Waals surface area contributed by atoms with Gasteiger partial charge in [-0.1, -0.05) is 11.6 Å². The molecule has 0 unspecified atom stereocenters. The van der Waals surface area contributed by atoms with Crippen LogP contribution in [0.2, 0.25) is 5.02 Å². The van der Waals surface area contributed by atoms with E-state index in [2.05, 4.69) is 10.3 Å². The molecule has 1 amide bonds. The Balaban J connectivity index is 2.31. The van der Waals surface area contributed by atoms with E-state index in [9.17, 15) is 9.59 Å². The minimum absolute atomic E-state index is 0.126. The molecule has 17 heavy (non-hydrogen) atoms. The summed E-state index contributed by atoms with van der Waals surface area (Å²) in [6, 6.07) is 1.50. The number of carbonyl (C=O) groups excluding carboxylic acids is 1. The monoisotopic (exact) mass is 258 g/mol. The van der Waals surface area contributed by atoms with Gasteiger partial charge in [-0.05, 0) is 6.07 Å². The van der Waals surface area contributed by atoms with Crippen molar-refractivity contribution in [1.29, 1.82) is 0 Å². The number of carboxylic acids is 1. The van der Waals surface area contributed by atoms with Crippen molar-refractivity contribution in [3.63, 3.8) is 0 Å². The van der Waals surface area contributed by atoms with Crippen molar-refractivity contribution in [1.82, 2.24) is 10.3 Å². The first-order chi connectivity index (χ1) is 8.11. The molecule has 0 aliphatic heterocycles. The van der Waals surface area contributed by atoms with Crippen LogP contribution in [0.25, 0.3) is 0 Å². The minimum atomic E-state index is -1.05. The molecule has 7 heteroatoms. The number of aliphatic carboxylic acids is 1. The second-order valence-corrected chi connectivity index (χ2v) is 3.46. The van der Waals surface area contributed by atoms with Crippen LogP contribution in [0.15, 0.2) is 18.5 Å². The van der Waals surface area contributed by atoms with Crippen molar-refractivity contribution in [3.8, 4) is 0 Å². The molecule has 0 aliphatic carbocycles. The van der Waals surface area contributed by atoms with E-state index in [0.29, 0.717) is 5.56 Å². The van der Waals surface area contributed by atoms with E-state index in [4.69, 9.17) is 21.4 Å². The van der Waals surface area contributed by atoms with Crippen molar-refractivity contribution >= 4 is 23.5 Å². The molecule has 0 fully saturated rings. The molecule has 0 saturated heterocycles. The van der Waals surface area contributed by atoms with E-state index < -0.39 is 5.97 Å². The number of hydrogen-bond acceptors (Lipinski definition) is 4. The molecule has 0 bridgehead atoms. The molecule has 6 nitrogen and oxygen atoms in total. The lowest BCUT2D eigenvalue weighted by molar-refractivity contribution is -0.142. The minimum Gasteiger partial charge on any atom is -0.480 e. The van der Waals surface area contributed by atoms with Gasteiger partial charge in [0.15, 0.2) is 0 Å². The summed E-state index contributed by atoms with van der Waals surface area (Å²) >= 11 is 5.77. The molecule has 1 rings (SSSR count). The fraction of sp³-hybridized carbons (Fsp3) is 0.300. The van der Waals surface area contributed by atoms with Gasteiger partial charge in [0.1, 0.15) is 6.61 Å². The van der Waals surface area contributed by atoms with E-state index in [0.717, 1.165) is 0 Å². The first-order valence-electron chi connectivity index (χ1n) is 4.78. The topological polar surface area (TPSA) is 88.5 Å². The molecule has 0 aromatic carbocycles. The summed E-state index contributed by atoms with van der Waals surface area (Å²) in [5.41, 5.74) is 0.319. The summed E-state index contributed by atoms with van der Waals surface area (Å²) < 4.78 is 4.75. The summed E-state index contributed by atoms with van der Waals surface area (Å²) in [4.78, 5) is 25.4. The van der Waals surface area contributed by atoms with Crippen molar-refractivity contribution in [2.24, 2.45) is 0 Å². The van der Waals surface area contributed by atoms with Crippen LogP contribution in [-0.4, -0.2) is 41.7 Å². The first kappa shape index (κ1) is 13.4. The molecule has 2 N–H and O–H groups in total. The predicted molar refractivity (Wildman–Crippen MR) is 60.0 cm³/mol. The number of carboxylic acid groups (broad SMARTS) is 1. The highest BCUT2D eigenvalue weighted by Gasteiger charge is 2.08. The Hall–Kier alpha value is -1.66. The zero-order valence-corrected chi connectivity index (χ0v) is 9.61. The second kappa shape index (κ2) is 6.82. The number of ether oxygens (including phenoxy) is 1. The summed E-state index contributed by atoms with van der Waals surface area (Å²) in [6.45, 7) is -0.0443. The quantitative estimate of drug-likeness (QED) is 0.728. The Kier molecular flexibility index (Phi) is 5.38. The van der Waals surface area contributed by atoms with Gasteiger partial charge in [-0.15, -0.1) is 0 Å². The Morgan fingerprint density at radius 3 is 2.94 bits per heavy atom. The molecule has 0 atom stereocenters. The Morgan fingerprint density at radius 1 is 1.53 bits per heavy atom. The largest absolute Gasteiger partial charge is 0.480 e. The highest BCUT2D eigenvalue weighted by atomic mass is 35.5. The Morgan fingerprint density at radius 2 is 2.29 bits per heavy atom. The number of halogens is 1. The van der Waals surface area contributed by atoms with Crippen LogP contribution in [0, 0.1) is 0 Å². The van der Waals surface area contributed by atoms with Gasteiger partial charge >= 0.3 is 5.97 Å². The van der Waals surface area contributed by atoms with Crippen molar-refractivity contribution in [3.05, 3.63) is 29.0 Å². The van der Waals surface area contributed by atoms with Gasteiger partial charge in [-0.25, -0.2) is 4.79 Å². The van der Waals surface area contributed by atoms with Gasteiger partial charge in [0.25, 0.3) is 5.91 Å². The predicted octanol–water partition coefficient (Wildman–Crippen LogP) is 0.566. The zero-order valence-electron chi connectivity index (χ0n) is 8.85. The van der Waals surface area contributed by atoms with Crippen LogP contribution in [-0.2, 0) is 9.53 Å². The van der Waals surface area contributed by atoms with Crippen LogP contribution < -0.4 is 5.32 Å². The number of nitrogens with zero attached hydrogens (tertiary/aromatic N) is 1. The van der Waals surface area contributed by atoms with E-state index in [1.165, 1.54) is 18.5 Å². The number of amides is 1. The number of nitrogens with one attached hydrogen (secondary N) is 1. The number of carbonyl (C=O) groups is 2. The molecule has 1 heterocycles. The number of rotatable bonds is 6. The van der Waals surface area contributed by atoms with Crippen LogP contribution in [0.5, 0.6) is 0 Å². The third-order valence-corrected chi connectivity index (χ3v) is 2.08. The number of pyridine rings is 1. The van der Waals surface area contributed by atoms with Gasteiger partial charge in [0.2, 0.25) is 0 Å². The lowest BCUT2D eigenvalue weighted by Crippen LogP contribution is -2.28. The van der Waals surface area contributed by atoms with E-state index in [1.54, 1.807) is 0 Å². The zero-order chi connectivity index (χ0) is 12.7. The average Bonchev–Trinajstić information content (AvgIpc) is 2.28. The summed E-state index contributed by atoms with van der Waals surface area (Å²) in [5.74, 6) is -1.40. The van der Waals surface area contributed by atoms with Gasteiger partial charge in [-0.3, -0.25) is 9.78 Å². The number of aromatic nitrogens is 1. The van der Waals surface area contributed by atoms with Gasteiger partial charge in [0.05, 0.1) is 17.2 Å². The lowest BCUT2D eigenvalue weighted by Gasteiger charge is -2.06. The molecular formula is C10H11ClN2O4. The van der Waals surface area contributed by atoms with Crippen LogP contribution >= 0.6 is 11.6 Å². The average molecular weight is 259 g/mol. The third kappa shape index (κ3) is 4.80. The highest BCUT2D eigenvalue weighted by Crippen LogP contribution is 2.12. The SMILES string of the molecule is O=C(O)COCCNC(=O)c1ccncc1Cl. The lowest BCUT2D eigenvalue weighted by atomic mass is 10.2. The number of hydrogen-bond donors (Lipinski definition) is 2. The van der Waals surface area contributed by atoms with Crippen LogP contribution in [0.1, 0.15) is 10.4 Å². The fourth-order valence-corrected chi connectivity index (χ4v) is 1.26. The summed E-state index contributed by atoms with van der Waals surface area (Å²) in [7, 11) is 0. The third-order valence-electron chi connectivity index (χ3n) is 1.77. The van der Waals surface area contributed by atoms with Gasteiger partial charge in [-0.2, -0.15) is 0 Å². The van der Waals surface area contributed by atoms with Crippen molar-refractivity contribution in [2.45, 2.75) is 0 Å². The maximum absolute atomic E-state index is 11.6. The van der Waals surface area contributed by atoms with Gasteiger partial charge in [0, 0.05) is 18.9 Å². The van der Waals surface area contributed by atoms with Gasteiger partial charge < -0.3 is 15.2 Å². The van der Waals surface area contributed by atoms with Crippen LogP contribution in [0.3, 0.4) is 0 Å². The van der Waals surface area contributed by atoms with E-state index in [-0.39, 0.29) is 30.7 Å². The molecule has 92 valence electrons. The molecule has 0 spiro atoms. The second-order valence-electron chi connectivity index (χ2n) is 3.06. The molecular weight excluding hydrogens is 248 g/mol. The van der Waals surface area contributed by atoms with E-state index in [1.807, 2.05) is 0 Å². The normalized spacial score (nSPS) is 9.94.